The minimum Gasteiger partial charge on any atom is -1.00 e. The lowest BCUT2D eigenvalue weighted by molar-refractivity contribution is -0.880. The van der Waals surface area contributed by atoms with E-state index in [-0.39, 0.29) is 24.0 Å². The fraction of sp³-hybridized carbons (Fsp3) is 1.00. The third-order valence-corrected chi connectivity index (χ3v) is 2.41. The van der Waals surface area contributed by atoms with Gasteiger partial charge in [-0.1, -0.05) is 26.7 Å². The minimum absolute atomic E-state index is 0. The number of nitrogens with one attached hydrogen (secondary N) is 1. The molecular weight excluding hydrogens is 273 g/mol. The number of rotatable bonds is 8. The molecule has 0 aliphatic carbocycles. The minimum atomic E-state index is 0. The van der Waals surface area contributed by atoms with Crippen molar-refractivity contribution in [2.24, 2.45) is 0 Å². The van der Waals surface area contributed by atoms with Gasteiger partial charge in [0.05, 0.1) is 20.1 Å². The van der Waals surface area contributed by atoms with Crippen LogP contribution in [-0.2, 0) is 0 Å². The molecule has 0 rings (SSSR count). The van der Waals surface area contributed by atoms with Crippen molar-refractivity contribution < 1.29 is 28.9 Å². The van der Waals surface area contributed by atoms with Gasteiger partial charge in [0.2, 0.25) is 0 Å². The normalized spacial score (nSPS) is 10.2. The van der Waals surface area contributed by atoms with Crippen LogP contribution in [0.15, 0.2) is 0 Å². The summed E-state index contributed by atoms with van der Waals surface area (Å²) in [6.07, 6.45) is 8.34. The molecule has 0 aliphatic rings. The zero-order valence-electron chi connectivity index (χ0n) is 9.53. The molecule has 0 saturated carbocycles. The second kappa shape index (κ2) is 12.7. The lowest BCUT2D eigenvalue weighted by atomic mass is 10.2. The van der Waals surface area contributed by atoms with Crippen LogP contribution in [-0.4, -0.2) is 20.1 Å². The molecular formula is C11H26IN. The quantitative estimate of drug-likeness (QED) is 0.428. The summed E-state index contributed by atoms with van der Waals surface area (Å²) in [6.45, 7) is 7.29. The molecule has 1 N–H and O–H groups in total. The number of unbranched alkanes of at least 4 members (excludes halogenated alkanes) is 4. The predicted octanol–water partition coefficient (Wildman–Crippen LogP) is -1.11. The van der Waals surface area contributed by atoms with Crippen molar-refractivity contribution in [2.75, 3.05) is 20.1 Å². The average Bonchev–Trinajstić information content (AvgIpc) is 2.06. The molecule has 0 aliphatic heterocycles. The van der Waals surface area contributed by atoms with E-state index >= 15 is 0 Å². The highest BCUT2D eigenvalue weighted by Crippen LogP contribution is 1.91. The van der Waals surface area contributed by atoms with E-state index in [0.717, 1.165) is 0 Å². The summed E-state index contributed by atoms with van der Waals surface area (Å²) in [5.74, 6) is 0. The van der Waals surface area contributed by atoms with E-state index < -0.39 is 0 Å². The maximum atomic E-state index is 2.32. The highest BCUT2D eigenvalue weighted by atomic mass is 127. The molecule has 0 heterocycles. The number of halogens is 1. The largest absolute Gasteiger partial charge is 1.00 e. The molecule has 0 aromatic heterocycles. The summed E-state index contributed by atoms with van der Waals surface area (Å²) in [5, 5.41) is 0. The van der Waals surface area contributed by atoms with Crippen molar-refractivity contribution in [3.05, 3.63) is 0 Å². The lowest BCUT2D eigenvalue weighted by Crippen LogP contribution is -3.09. The van der Waals surface area contributed by atoms with Crippen molar-refractivity contribution in [1.82, 2.24) is 0 Å². The second-order valence-electron chi connectivity index (χ2n) is 3.87. The van der Waals surface area contributed by atoms with Gasteiger partial charge >= 0.3 is 0 Å². The molecule has 13 heavy (non-hydrogen) atoms. The summed E-state index contributed by atoms with van der Waals surface area (Å²) in [7, 11) is 2.32. The molecule has 82 valence electrons. The Morgan fingerprint density at radius 1 is 0.769 bits per heavy atom. The van der Waals surface area contributed by atoms with Crippen LogP contribution >= 0.6 is 0 Å². The Morgan fingerprint density at radius 2 is 1.15 bits per heavy atom. The van der Waals surface area contributed by atoms with Crippen LogP contribution in [0.5, 0.6) is 0 Å². The van der Waals surface area contributed by atoms with Crippen molar-refractivity contribution >= 4 is 0 Å². The molecule has 0 spiro atoms. The van der Waals surface area contributed by atoms with Gasteiger partial charge in [0.15, 0.2) is 0 Å². The Labute approximate surface area is 101 Å². The van der Waals surface area contributed by atoms with Crippen LogP contribution in [0.3, 0.4) is 0 Å². The summed E-state index contributed by atoms with van der Waals surface area (Å²) < 4.78 is 0. The smallest absolute Gasteiger partial charge is 0.0768 e. The van der Waals surface area contributed by atoms with E-state index in [2.05, 4.69) is 20.9 Å². The molecule has 0 fully saturated rings. The van der Waals surface area contributed by atoms with E-state index in [1.54, 1.807) is 4.90 Å². The molecule has 0 radical (unpaired) electrons. The third-order valence-electron chi connectivity index (χ3n) is 2.41. The van der Waals surface area contributed by atoms with Gasteiger partial charge in [-0.05, 0) is 25.7 Å². The van der Waals surface area contributed by atoms with Crippen LogP contribution in [0.4, 0.5) is 0 Å². The molecule has 0 saturated heterocycles. The van der Waals surface area contributed by atoms with Crippen molar-refractivity contribution in [3.8, 4) is 0 Å². The predicted molar refractivity (Wildman–Crippen MR) is 55.7 cm³/mol. The van der Waals surface area contributed by atoms with Crippen LogP contribution in [0.25, 0.3) is 0 Å². The van der Waals surface area contributed by atoms with E-state index in [4.69, 9.17) is 0 Å². The van der Waals surface area contributed by atoms with Gasteiger partial charge < -0.3 is 28.9 Å². The summed E-state index contributed by atoms with van der Waals surface area (Å²) >= 11 is 0. The molecule has 0 amide bonds. The van der Waals surface area contributed by atoms with Crippen LogP contribution in [0.2, 0.25) is 0 Å². The third kappa shape index (κ3) is 12.7. The van der Waals surface area contributed by atoms with E-state index in [1.807, 2.05) is 0 Å². The van der Waals surface area contributed by atoms with Crippen molar-refractivity contribution in [1.29, 1.82) is 0 Å². The molecule has 1 nitrogen and oxygen atoms in total. The zero-order chi connectivity index (χ0) is 9.23. The highest BCUT2D eigenvalue weighted by Gasteiger charge is 1.99. The van der Waals surface area contributed by atoms with Gasteiger partial charge in [-0.3, -0.25) is 0 Å². The topological polar surface area (TPSA) is 4.44 Å². The molecule has 0 aromatic carbocycles. The molecule has 0 bridgehead atoms. The summed E-state index contributed by atoms with van der Waals surface area (Å²) in [5.41, 5.74) is 0. The van der Waals surface area contributed by atoms with Gasteiger partial charge in [0.25, 0.3) is 0 Å². The average molecular weight is 299 g/mol. The van der Waals surface area contributed by atoms with Gasteiger partial charge in [-0.2, -0.15) is 0 Å². The maximum absolute atomic E-state index is 2.32. The Hall–Kier alpha value is 0.690. The highest BCUT2D eigenvalue weighted by molar-refractivity contribution is 4.36. The molecule has 0 atom stereocenters. The summed E-state index contributed by atoms with van der Waals surface area (Å²) in [6, 6.07) is 0. The van der Waals surface area contributed by atoms with Crippen molar-refractivity contribution in [3.63, 3.8) is 0 Å². The first-order valence-corrected chi connectivity index (χ1v) is 5.62. The van der Waals surface area contributed by atoms with Crippen molar-refractivity contribution in [2.45, 2.75) is 52.4 Å². The fourth-order valence-corrected chi connectivity index (χ4v) is 1.48. The first kappa shape index (κ1) is 16.1. The van der Waals surface area contributed by atoms with Crippen LogP contribution in [0.1, 0.15) is 52.4 Å². The molecule has 0 aromatic rings. The SMILES string of the molecule is CCCCC[NH+](C)CCCCC.[I-]. The monoisotopic (exact) mass is 299 g/mol. The van der Waals surface area contributed by atoms with E-state index in [1.165, 1.54) is 51.6 Å². The Kier molecular flexibility index (Phi) is 15.7. The van der Waals surface area contributed by atoms with Gasteiger partial charge in [-0.25, -0.2) is 0 Å². The van der Waals surface area contributed by atoms with Crippen LogP contribution < -0.4 is 28.9 Å². The van der Waals surface area contributed by atoms with Crippen LogP contribution in [0, 0.1) is 0 Å². The van der Waals surface area contributed by atoms with E-state index in [0.29, 0.717) is 0 Å². The standard InChI is InChI=1S/C11H25N.HI/c1-4-6-8-10-12(3)11-9-7-5-2;/h4-11H2,1-3H3;1H. The lowest BCUT2D eigenvalue weighted by Gasteiger charge is -2.12. The van der Waals surface area contributed by atoms with Gasteiger partial charge in [-0.15, -0.1) is 0 Å². The Bertz CT molecular complexity index is 76.2. The number of hydrogen-bond donors (Lipinski definition) is 1. The molecule has 0 unspecified atom stereocenters. The Balaban J connectivity index is 0. The first-order chi connectivity index (χ1) is 5.81. The van der Waals surface area contributed by atoms with Gasteiger partial charge in [0, 0.05) is 0 Å². The maximum Gasteiger partial charge on any atom is 0.0768 e. The number of quaternary nitrogens is 1. The van der Waals surface area contributed by atoms with E-state index in [9.17, 15) is 0 Å². The second-order valence-corrected chi connectivity index (χ2v) is 3.87. The fourth-order valence-electron chi connectivity index (χ4n) is 1.48. The van der Waals surface area contributed by atoms with Gasteiger partial charge in [0.1, 0.15) is 0 Å². The Morgan fingerprint density at radius 3 is 1.46 bits per heavy atom. The summed E-state index contributed by atoms with van der Waals surface area (Å²) in [4.78, 5) is 1.72. The first-order valence-electron chi connectivity index (χ1n) is 5.62. The number of hydrogen-bond acceptors (Lipinski definition) is 0. The molecule has 2 heteroatoms. The zero-order valence-corrected chi connectivity index (χ0v) is 11.7.